The maximum Gasteiger partial charge on any atom is 0.508 e. The summed E-state index contributed by atoms with van der Waals surface area (Å²) in [7, 11) is 0. The summed E-state index contributed by atoms with van der Waals surface area (Å²) in [5.74, 6) is -1.77. The molecule has 1 rings (SSSR count). The average Bonchev–Trinajstić information content (AvgIpc) is 2.88. The molecule has 10 nitrogen and oxygen atoms in total. The predicted octanol–water partition coefficient (Wildman–Crippen LogP) is 6.06. The molecule has 0 amide bonds. The maximum absolute atomic E-state index is 13.2. The van der Waals surface area contributed by atoms with E-state index in [9.17, 15) is 19.2 Å². The molecule has 0 bridgehead atoms. The molecule has 1 aromatic rings. The highest BCUT2D eigenvalue weighted by molar-refractivity contribution is 5.84. The van der Waals surface area contributed by atoms with Gasteiger partial charge in [0.2, 0.25) is 0 Å². The quantitative estimate of drug-likeness (QED) is 0.216. The van der Waals surface area contributed by atoms with Gasteiger partial charge in [0, 0.05) is 0 Å². The van der Waals surface area contributed by atoms with Gasteiger partial charge in [0.25, 0.3) is 0 Å². The Bertz CT molecular complexity index is 1090. The van der Waals surface area contributed by atoms with Gasteiger partial charge in [-0.05, 0) is 91.8 Å². The van der Waals surface area contributed by atoms with Crippen molar-refractivity contribution in [2.45, 2.75) is 120 Å². The zero-order chi connectivity index (χ0) is 31.9. The summed E-state index contributed by atoms with van der Waals surface area (Å²) in [4.78, 5) is 51.0. The van der Waals surface area contributed by atoms with Gasteiger partial charge < -0.3 is 29.4 Å². The van der Waals surface area contributed by atoms with E-state index in [1.54, 1.807) is 48.5 Å². The number of rotatable bonds is 13. The number of hydrogen-bond donors (Lipinski definition) is 1. The number of hydrogen-bond acceptors (Lipinski definition) is 10. The molecule has 0 saturated heterocycles. The zero-order valence-electron chi connectivity index (χ0n) is 26.7. The highest BCUT2D eigenvalue weighted by Crippen LogP contribution is 2.36. The number of nitrogens with two attached hydrogens (primary N) is 1. The molecule has 0 saturated carbocycles. The molecule has 1 aromatic carbocycles. The van der Waals surface area contributed by atoms with Gasteiger partial charge in [0.1, 0.15) is 23.9 Å². The van der Waals surface area contributed by atoms with E-state index < -0.39 is 52.6 Å². The lowest BCUT2D eigenvalue weighted by atomic mass is 9.90. The Hall–Kier alpha value is -3.14. The van der Waals surface area contributed by atoms with E-state index in [0.717, 1.165) is 0 Å². The van der Waals surface area contributed by atoms with E-state index in [1.807, 2.05) is 27.7 Å². The zero-order valence-corrected chi connectivity index (χ0v) is 26.7. The van der Waals surface area contributed by atoms with Gasteiger partial charge >= 0.3 is 24.1 Å². The fourth-order valence-corrected chi connectivity index (χ4v) is 2.83. The van der Waals surface area contributed by atoms with Crippen molar-refractivity contribution in [1.82, 2.24) is 0 Å². The minimum Gasteiger partial charge on any atom is -0.457 e. The number of carbonyl (C=O) groups is 4. The molecule has 0 fully saturated rings. The summed E-state index contributed by atoms with van der Waals surface area (Å²) in [6.07, 6.45) is -1.85. The third kappa shape index (κ3) is 9.73. The average molecular weight is 580 g/mol. The van der Waals surface area contributed by atoms with Crippen LogP contribution < -0.4 is 15.2 Å². The van der Waals surface area contributed by atoms with Crippen LogP contribution in [0.1, 0.15) is 101 Å². The molecule has 4 atom stereocenters. The molecule has 41 heavy (non-hydrogen) atoms. The number of ether oxygens (including phenoxy) is 5. The molecule has 0 aliphatic heterocycles. The van der Waals surface area contributed by atoms with E-state index in [4.69, 9.17) is 29.4 Å². The van der Waals surface area contributed by atoms with Crippen LogP contribution in [0.4, 0.5) is 4.79 Å². The van der Waals surface area contributed by atoms with Gasteiger partial charge in [-0.1, -0.05) is 33.8 Å². The fraction of sp³-hybridized carbons (Fsp3) is 0.677. The minimum atomic E-state index is -1.70. The van der Waals surface area contributed by atoms with Crippen LogP contribution in [0.25, 0.3) is 0 Å². The van der Waals surface area contributed by atoms with Crippen LogP contribution in [0, 0.1) is 16.7 Å². The normalized spacial score (nSPS) is 15.7. The van der Waals surface area contributed by atoms with Gasteiger partial charge in [0.15, 0.2) is 11.5 Å². The Labute approximate surface area is 244 Å². The van der Waals surface area contributed by atoms with Crippen molar-refractivity contribution in [2.75, 3.05) is 0 Å². The first-order valence-corrected chi connectivity index (χ1v) is 14.2. The van der Waals surface area contributed by atoms with E-state index in [1.165, 1.54) is 25.1 Å². The van der Waals surface area contributed by atoms with Gasteiger partial charge in [-0.2, -0.15) is 0 Å². The molecule has 0 radical (unpaired) electrons. The highest BCUT2D eigenvalue weighted by Gasteiger charge is 2.37. The van der Waals surface area contributed by atoms with Crippen molar-refractivity contribution >= 4 is 24.1 Å². The Kier molecular flexibility index (Phi) is 12.4. The Morgan fingerprint density at radius 3 is 1.59 bits per heavy atom. The first kappa shape index (κ1) is 35.9. The third-order valence-corrected chi connectivity index (χ3v) is 7.70. The van der Waals surface area contributed by atoms with Crippen LogP contribution >= 0.6 is 0 Å². The monoisotopic (exact) mass is 579 g/mol. The fourth-order valence-electron chi connectivity index (χ4n) is 2.83. The van der Waals surface area contributed by atoms with Crippen LogP contribution in [0.5, 0.6) is 11.5 Å². The molecule has 0 aliphatic rings. The van der Waals surface area contributed by atoms with Crippen molar-refractivity contribution < 1.29 is 42.9 Å². The lowest BCUT2D eigenvalue weighted by Gasteiger charge is -2.29. The first-order valence-electron chi connectivity index (χ1n) is 14.2. The second-order valence-corrected chi connectivity index (χ2v) is 12.4. The smallest absolute Gasteiger partial charge is 0.457 e. The summed E-state index contributed by atoms with van der Waals surface area (Å²) in [6, 6.07) is 4.32. The maximum atomic E-state index is 13.2. The summed E-state index contributed by atoms with van der Waals surface area (Å²) in [5, 5.41) is 0. The SMILES string of the molecule is CCC(C)(C)C(=O)Oc1ccc([C@](C)(N)C(=O)O[C@@H](C)[C@H](C)OC(=O)OC(C)C(C)C)cc1OC(=O)C(C)(C)CC. The Morgan fingerprint density at radius 2 is 1.12 bits per heavy atom. The van der Waals surface area contributed by atoms with Crippen LogP contribution in [0.3, 0.4) is 0 Å². The molecule has 0 spiro atoms. The molecule has 2 N–H and O–H groups in total. The van der Waals surface area contributed by atoms with Crippen LogP contribution in [-0.2, 0) is 34.1 Å². The lowest BCUT2D eigenvalue weighted by Crippen LogP contribution is -2.46. The first-order chi connectivity index (χ1) is 18.7. The largest absolute Gasteiger partial charge is 0.508 e. The molecular formula is C31H49NO9. The van der Waals surface area contributed by atoms with E-state index >= 15 is 0 Å². The second-order valence-electron chi connectivity index (χ2n) is 12.4. The van der Waals surface area contributed by atoms with Crippen LogP contribution in [0.2, 0.25) is 0 Å². The van der Waals surface area contributed by atoms with Crippen LogP contribution in [-0.4, -0.2) is 42.4 Å². The molecular weight excluding hydrogens is 530 g/mol. The molecule has 0 aromatic heterocycles. The summed E-state index contributed by atoms with van der Waals surface area (Å²) >= 11 is 0. The van der Waals surface area contributed by atoms with Crippen molar-refractivity contribution in [2.24, 2.45) is 22.5 Å². The van der Waals surface area contributed by atoms with E-state index in [-0.39, 0.29) is 29.1 Å². The highest BCUT2D eigenvalue weighted by atomic mass is 16.7. The standard InChI is InChI=1S/C31H49NO9/c1-13-29(8,9)25(33)40-23-16-15-22(17-24(23)41-26(34)30(10,11)14-2)31(12,32)27(35)37-20(6)21(7)39-28(36)38-19(5)18(3)4/h15-21H,13-14,32H2,1-12H3/t19?,20-,21-,31-/m0/s1. The van der Waals surface area contributed by atoms with Crippen molar-refractivity contribution in [3.63, 3.8) is 0 Å². The summed E-state index contributed by atoms with van der Waals surface area (Å²) in [6.45, 7) is 20.8. The molecule has 232 valence electrons. The topological polar surface area (TPSA) is 140 Å². The van der Waals surface area contributed by atoms with Crippen molar-refractivity contribution in [3.05, 3.63) is 23.8 Å². The number of esters is 3. The number of benzene rings is 1. The van der Waals surface area contributed by atoms with Gasteiger partial charge in [-0.3, -0.25) is 9.59 Å². The Morgan fingerprint density at radius 1 is 0.683 bits per heavy atom. The van der Waals surface area contributed by atoms with Gasteiger partial charge in [0.05, 0.1) is 10.8 Å². The van der Waals surface area contributed by atoms with Crippen molar-refractivity contribution in [3.8, 4) is 11.5 Å². The van der Waals surface area contributed by atoms with E-state index in [2.05, 4.69) is 0 Å². The second kappa shape index (κ2) is 14.2. The Balaban J connectivity index is 3.24. The van der Waals surface area contributed by atoms with Gasteiger partial charge in [-0.15, -0.1) is 0 Å². The van der Waals surface area contributed by atoms with Crippen molar-refractivity contribution in [1.29, 1.82) is 0 Å². The van der Waals surface area contributed by atoms with Crippen LogP contribution in [0.15, 0.2) is 18.2 Å². The summed E-state index contributed by atoms with van der Waals surface area (Å²) in [5.41, 5.74) is 3.39. The minimum absolute atomic E-state index is 0.0224. The molecule has 1 unspecified atom stereocenters. The molecule has 10 heteroatoms. The summed E-state index contributed by atoms with van der Waals surface area (Å²) < 4.78 is 27.3. The van der Waals surface area contributed by atoms with E-state index in [0.29, 0.717) is 12.8 Å². The van der Waals surface area contributed by atoms with Gasteiger partial charge in [-0.25, -0.2) is 9.59 Å². The lowest BCUT2D eigenvalue weighted by molar-refractivity contribution is -0.160. The molecule has 0 aliphatic carbocycles. The third-order valence-electron chi connectivity index (χ3n) is 7.70. The number of carbonyl (C=O) groups excluding carboxylic acids is 4. The molecule has 0 heterocycles. The predicted molar refractivity (Wildman–Crippen MR) is 154 cm³/mol.